The summed E-state index contributed by atoms with van der Waals surface area (Å²) in [7, 11) is 0. The second kappa shape index (κ2) is 10.4. The van der Waals surface area contributed by atoms with E-state index in [1.807, 2.05) is 79.4 Å². The lowest BCUT2D eigenvalue weighted by Gasteiger charge is -1.95. The third-order valence-corrected chi connectivity index (χ3v) is 15.4. The van der Waals surface area contributed by atoms with Crippen LogP contribution in [-0.2, 0) is 0 Å². The van der Waals surface area contributed by atoms with Crippen molar-refractivity contribution in [1.29, 1.82) is 0 Å². The van der Waals surface area contributed by atoms with E-state index in [2.05, 4.69) is 100 Å². The quantitative estimate of drug-likeness (QED) is 0.171. The van der Waals surface area contributed by atoms with Crippen LogP contribution in [0.1, 0.15) is 20.9 Å². The van der Waals surface area contributed by atoms with Crippen LogP contribution >= 0.6 is 79.4 Å². The van der Waals surface area contributed by atoms with Gasteiger partial charge in [-0.2, -0.15) is 0 Å². The van der Waals surface area contributed by atoms with Crippen LogP contribution in [0.5, 0.6) is 0 Å². The Morgan fingerprint density at radius 2 is 0.615 bits per heavy atom. The van der Waals surface area contributed by atoms with E-state index in [0.717, 1.165) is 0 Å². The van der Waals surface area contributed by atoms with Gasteiger partial charge in [0.05, 0.1) is 0 Å². The van der Waals surface area contributed by atoms with Gasteiger partial charge in [0.2, 0.25) is 0 Å². The Balaban J connectivity index is 1.13. The minimum absolute atomic E-state index is 1.35. The molecule has 0 aliphatic carbocycles. The maximum Gasteiger partial charge on any atom is 0.0478 e. The Morgan fingerprint density at radius 1 is 0.308 bits per heavy atom. The van der Waals surface area contributed by atoms with Crippen LogP contribution in [-0.4, -0.2) is 0 Å². The van der Waals surface area contributed by atoms with Gasteiger partial charge in [-0.05, 0) is 112 Å². The van der Waals surface area contributed by atoms with Crippen molar-refractivity contribution in [3.05, 3.63) is 93.7 Å². The summed E-state index contributed by atoms with van der Waals surface area (Å²) in [6, 6.07) is 27.4. The molecule has 0 saturated carbocycles. The highest BCUT2D eigenvalue weighted by Gasteiger charge is 2.16. The van der Waals surface area contributed by atoms with Gasteiger partial charge in [0.1, 0.15) is 0 Å². The molecule has 0 radical (unpaired) electrons. The van der Waals surface area contributed by atoms with Crippen molar-refractivity contribution in [3.63, 3.8) is 0 Å². The summed E-state index contributed by atoms with van der Waals surface area (Å²) in [5.41, 5.74) is 2.74. The van der Waals surface area contributed by atoms with E-state index in [1.165, 1.54) is 79.4 Å². The van der Waals surface area contributed by atoms with E-state index in [9.17, 15) is 0 Å². The third kappa shape index (κ3) is 4.99. The first-order valence-electron chi connectivity index (χ1n) is 12.6. The van der Waals surface area contributed by atoms with E-state index >= 15 is 0 Å². The fraction of sp³-hybridized carbons (Fsp3) is 0.125. The molecule has 0 spiro atoms. The predicted octanol–water partition coefficient (Wildman–Crippen LogP) is 13.4. The molecule has 7 heterocycles. The molecule has 0 nitrogen and oxygen atoms in total. The lowest BCUT2D eigenvalue weighted by atomic mass is 10.2. The second-order valence-electron chi connectivity index (χ2n) is 9.56. The summed E-state index contributed by atoms with van der Waals surface area (Å²) in [6.07, 6.45) is 0. The Hall–Kier alpha value is -2.10. The number of thiophene rings is 7. The first-order valence-corrected chi connectivity index (χ1v) is 18.3. The molecule has 0 unspecified atom stereocenters. The van der Waals surface area contributed by atoms with Crippen LogP contribution < -0.4 is 0 Å². The molecule has 0 bridgehead atoms. The molecule has 7 rings (SSSR count). The van der Waals surface area contributed by atoms with Gasteiger partial charge in [-0.15, -0.1) is 79.4 Å². The topological polar surface area (TPSA) is 0 Å². The van der Waals surface area contributed by atoms with E-state index in [4.69, 9.17) is 0 Å². The lowest BCUT2D eigenvalue weighted by Crippen LogP contribution is -1.66. The predicted molar refractivity (Wildman–Crippen MR) is 183 cm³/mol. The van der Waals surface area contributed by atoms with Crippen LogP contribution in [0.3, 0.4) is 0 Å². The van der Waals surface area contributed by atoms with Gasteiger partial charge in [0.15, 0.2) is 0 Å². The number of hydrogen-bond donors (Lipinski definition) is 0. The average molecular weight is 633 g/mol. The Bertz CT molecular complexity index is 1780. The molecule has 7 aromatic rings. The second-order valence-corrected chi connectivity index (χ2v) is 17.5. The molecule has 0 amide bonds. The van der Waals surface area contributed by atoms with E-state index in [0.29, 0.717) is 0 Å². The first kappa shape index (κ1) is 25.8. The third-order valence-electron chi connectivity index (χ3n) is 6.55. The first-order chi connectivity index (χ1) is 18.9. The van der Waals surface area contributed by atoms with Crippen molar-refractivity contribution >= 4 is 79.4 Å². The van der Waals surface area contributed by atoms with Gasteiger partial charge in [0, 0.05) is 68.3 Å². The summed E-state index contributed by atoms with van der Waals surface area (Å²) in [5, 5.41) is 0. The number of rotatable bonds is 6. The van der Waals surface area contributed by atoms with Gasteiger partial charge in [-0.25, -0.2) is 0 Å². The minimum Gasteiger partial charge on any atom is -0.140 e. The van der Waals surface area contributed by atoms with Crippen molar-refractivity contribution in [2.24, 2.45) is 0 Å². The van der Waals surface area contributed by atoms with Gasteiger partial charge >= 0.3 is 0 Å². The van der Waals surface area contributed by atoms with Crippen molar-refractivity contribution in [3.8, 4) is 58.5 Å². The van der Waals surface area contributed by atoms with Crippen LogP contribution in [0.2, 0.25) is 0 Å². The van der Waals surface area contributed by atoms with Gasteiger partial charge in [-0.1, -0.05) is 0 Å². The molecule has 7 aromatic heterocycles. The fourth-order valence-electron chi connectivity index (χ4n) is 4.62. The summed E-state index contributed by atoms with van der Waals surface area (Å²) >= 11 is 13.3. The van der Waals surface area contributed by atoms with Gasteiger partial charge in [0.25, 0.3) is 0 Å². The molecule has 0 saturated heterocycles. The summed E-state index contributed by atoms with van der Waals surface area (Å²) in [5.74, 6) is 0. The molecular formula is C32H24S7. The minimum atomic E-state index is 1.35. The van der Waals surface area contributed by atoms with Crippen molar-refractivity contribution in [2.45, 2.75) is 27.7 Å². The largest absolute Gasteiger partial charge is 0.140 e. The Labute approximate surface area is 257 Å². The highest BCUT2D eigenvalue weighted by molar-refractivity contribution is 7.31. The van der Waals surface area contributed by atoms with Gasteiger partial charge < -0.3 is 0 Å². The van der Waals surface area contributed by atoms with Crippen LogP contribution in [0.4, 0.5) is 0 Å². The molecule has 7 heteroatoms. The molecule has 0 aromatic carbocycles. The summed E-state index contributed by atoms with van der Waals surface area (Å²) < 4.78 is 0. The molecule has 0 atom stereocenters. The zero-order valence-electron chi connectivity index (χ0n) is 21.8. The molecule has 0 N–H and O–H groups in total. The normalized spacial score (nSPS) is 11.6. The fourth-order valence-corrected chi connectivity index (χ4v) is 12.4. The zero-order chi connectivity index (χ0) is 26.7. The maximum absolute atomic E-state index is 2.35. The van der Waals surface area contributed by atoms with Crippen LogP contribution in [0.25, 0.3) is 58.5 Å². The Morgan fingerprint density at radius 3 is 0.974 bits per heavy atom. The van der Waals surface area contributed by atoms with Crippen molar-refractivity contribution < 1.29 is 0 Å². The van der Waals surface area contributed by atoms with Crippen molar-refractivity contribution in [1.82, 2.24) is 0 Å². The highest BCUT2D eigenvalue weighted by atomic mass is 32.1. The van der Waals surface area contributed by atoms with E-state index in [1.54, 1.807) is 0 Å². The lowest BCUT2D eigenvalue weighted by molar-refractivity contribution is 1.56. The van der Waals surface area contributed by atoms with Crippen molar-refractivity contribution in [2.75, 3.05) is 0 Å². The monoisotopic (exact) mass is 632 g/mol. The molecule has 0 aliphatic rings. The smallest absolute Gasteiger partial charge is 0.0478 e. The summed E-state index contributed by atoms with van der Waals surface area (Å²) in [6.45, 7) is 8.85. The maximum atomic E-state index is 2.35. The summed E-state index contributed by atoms with van der Waals surface area (Å²) in [4.78, 5) is 19.2. The highest BCUT2D eigenvalue weighted by Crippen LogP contribution is 2.48. The molecule has 194 valence electrons. The Kier molecular flexibility index (Phi) is 6.88. The van der Waals surface area contributed by atoms with Gasteiger partial charge in [-0.3, -0.25) is 0 Å². The van der Waals surface area contributed by atoms with E-state index in [-0.39, 0.29) is 0 Å². The molecule has 0 fully saturated rings. The zero-order valence-corrected chi connectivity index (χ0v) is 27.5. The SMILES string of the molecule is Cc1ccc(-c2cc(C)c(-c3ccc(-c4ccc(-c5ccc(-c6sc(-c7ccc(C)s7)cc6C)s5)s4)s3)s2)s1. The molecular weight excluding hydrogens is 609 g/mol. The van der Waals surface area contributed by atoms with Crippen LogP contribution in [0, 0.1) is 27.7 Å². The average Bonchev–Trinajstić information content (AvgIpc) is 3.74. The number of hydrogen-bond acceptors (Lipinski definition) is 7. The molecule has 39 heavy (non-hydrogen) atoms. The molecule has 0 aliphatic heterocycles. The standard InChI is InChI=1S/C32H24S7/c1-17-15-29(25-7-5-19(3)33-25)38-31(17)27-13-11-23(36-27)21-9-10-22(35-21)24-12-14-28(37-24)32-18(2)16-30(39-32)26-8-6-20(4)34-26/h5-16H,1-4H3. The van der Waals surface area contributed by atoms with Crippen LogP contribution in [0.15, 0.2) is 72.8 Å². The van der Waals surface area contributed by atoms with E-state index < -0.39 is 0 Å². The number of aryl methyl sites for hydroxylation is 4.